The largest absolute Gasteiger partial charge is 0.497 e. The molecule has 0 aliphatic heterocycles. The van der Waals surface area contributed by atoms with Crippen LogP contribution in [0.2, 0.25) is 0 Å². The monoisotopic (exact) mass is 449 g/mol. The Morgan fingerprint density at radius 2 is 1.55 bits per heavy atom. The van der Waals surface area contributed by atoms with Crippen LogP contribution in [0, 0.1) is 0 Å². The van der Waals surface area contributed by atoms with E-state index in [0.717, 1.165) is 5.56 Å². The van der Waals surface area contributed by atoms with Gasteiger partial charge in [0.2, 0.25) is 0 Å². The molecule has 0 amide bonds. The molecule has 3 aromatic rings. The molecule has 8 heteroatoms. The van der Waals surface area contributed by atoms with E-state index in [0.29, 0.717) is 41.5 Å². The summed E-state index contributed by atoms with van der Waals surface area (Å²) in [5.41, 5.74) is 2.28. The SMILES string of the molecule is CCN(CC)c1nc(C(=O)OC)c(C(=O)OC)c(-c2ccccn2)c1-c1ccc(OC)cc1. The van der Waals surface area contributed by atoms with Crippen molar-refractivity contribution in [2.45, 2.75) is 13.8 Å². The Labute approximate surface area is 193 Å². The van der Waals surface area contributed by atoms with Gasteiger partial charge in [0, 0.05) is 30.4 Å². The van der Waals surface area contributed by atoms with Crippen molar-refractivity contribution in [3.8, 4) is 28.1 Å². The second-order valence-electron chi connectivity index (χ2n) is 7.01. The zero-order valence-electron chi connectivity index (χ0n) is 19.4. The lowest BCUT2D eigenvalue weighted by atomic mass is 9.91. The molecule has 0 radical (unpaired) electrons. The fraction of sp³-hybridized carbons (Fsp3) is 0.280. The molecule has 0 spiro atoms. The first kappa shape index (κ1) is 23.7. The molecule has 0 aliphatic rings. The second kappa shape index (κ2) is 10.6. The molecule has 0 fully saturated rings. The van der Waals surface area contributed by atoms with Gasteiger partial charge >= 0.3 is 11.9 Å². The second-order valence-corrected chi connectivity index (χ2v) is 7.01. The molecule has 0 N–H and O–H groups in total. The summed E-state index contributed by atoms with van der Waals surface area (Å²) in [7, 11) is 4.11. The third-order valence-electron chi connectivity index (χ3n) is 5.31. The summed E-state index contributed by atoms with van der Waals surface area (Å²) in [6, 6.07) is 12.8. The highest BCUT2D eigenvalue weighted by molar-refractivity contribution is 6.11. The van der Waals surface area contributed by atoms with E-state index in [9.17, 15) is 9.59 Å². The fourth-order valence-corrected chi connectivity index (χ4v) is 3.67. The minimum Gasteiger partial charge on any atom is -0.497 e. The quantitative estimate of drug-likeness (QED) is 0.472. The Morgan fingerprint density at radius 1 is 0.879 bits per heavy atom. The maximum Gasteiger partial charge on any atom is 0.357 e. The third-order valence-corrected chi connectivity index (χ3v) is 5.31. The number of nitrogens with zero attached hydrogens (tertiary/aromatic N) is 3. The van der Waals surface area contributed by atoms with Crippen LogP contribution in [0.3, 0.4) is 0 Å². The molecule has 0 saturated carbocycles. The van der Waals surface area contributed by atoms with E-state index in [2.05, 4.69) is 9.97 Å². The van der Waals surface area contributed by atoms with Crippen LogP contribution in [-0.4, -0.2) is 56.3 Å². The Morgan fingerprint density at radius 3 is 2.06 bits per heavy atom. The molecule has 0 atom stereocenters. The van der Waals surface area contributed by atoms with E-state index >= 15 is 0 Å². The smallest absolute Gasteiger partial charge is 0.357 e. The van der Waals surface area contributed by atoms with Crippen molar-refractivity contribution in [3.63, 3.8) is 0 Å². The predicted octanol–water partition coefficient (Wildman–Crippen LogP) is 4.24. The number of esters is 2. The normalized spacial score (nSPS) is 10.5. The van der Waals surface area contributed by atoms with E-state index in [1.165, 1.54) is 14.2 Å². The number of hydrogen-bond donors (Lipinski definition) is 0. The number of anilines is 1. The van der Waals surface area contributed by atoms with Crippen molar-refractivity contribution < 1.29 is 23.8 Å². The highest BCUT2D eigenvalue weighted by Crippen LogP contribution is 2.42. The first-order valence-corrected chi connectivity index (χ1v) is 10.6. The summed E-state index contributed by atoms with van der Waals surface area (Å²) >= 11 is 0. The first-order valence-electron chi connectivity index (χ1n) is 10.6. The van der Waals surface area contributed by atoms with Crippen LogP contribution in [0.4, 0.5) is 5.82 Å². The number of pyridine rings is 2. The lowest BCUT2D eigenvalue weighted by molar-refractivity contribution is 0.0550. The van der Waals surface area contributed by atoms with Crippen molar-refractivity contribution >= 4 is 17.8 Å². The van der Waals surface area contributed by atoms with Gasteiger partial charge in [0.05, 0.1) is 27.0 Å². The summed E-state index contributed by atoms with van der Waals surface area (Å²) < 4.78 is 15.4. The van der Waals surface area contributed by atoms with Crippen molar-refractivity contribution in [1.82, 2.24) is 9.97 Å². The van der Waals surface area contributed by atoms with Gasteiger partial charge in [-0.2, -0.15) is 0 Å². The molecule has 8 nitrogen and oxygen atoms in total. The lowest BCUT2D eigenvalue weighted by Gasteiger charge is -2.27. The number of benzene rings is 1. The van der Waals surface area contributed by atoms with Gasteiger partial charge in [0.15, 0.2) is 5.69 Å². The summed E-state index contributed by atoms with van der Waals surface area (Å²) in [5, 5.41) is 0. The summed E-state index contributed by atoms with van der Waals surface area (Å²) in [6.07, 6.45) is 1.63. The fourth-order valence-electron chi connectivity index (χ4n) is 3.67. The van der Waals surface area contributed by atoms with Gasteiger partial charge in [0.25, 0.3) is 0 Å². The van der Waals surface area contributed by atoms with Gasteiger partial charge in [-0.1, -0.05) is 18.2 Å². The van der Waals surface area contributed by atoms with E-state index in [1.807, 2.05) is 49.1 Å². The Kier molecular flexibility index (Phi) is 7.61. The van der Waals surface area contributed by atoms with E-state index in [1.54, 1.807) is 25.4 Å². The van der Waals surface area contributed by atoms with Crippen molar-refractivity contribution in [2.24, 2.45) is 0 Å². The molecule has 1 aromatic carbocycles. The van der Waals surface area contributed by atoms with Gasteiger partial charge in [-0.25, -0.2) is 14.6 Å². The molecule has 0 aliphatic carbocycles. The van der Waals surface area contributed by atoms with Gasteiger partial charge in [-0.15, -0.1) is 0 Å². The third kappa shape index (κ3) is 4.64. The van der Waals surface area contributed by atoms with E-state index in [4.69, 9.17) is 14.2 Å². The minimum absolute atomic E-state index is 0.00442. The summed E-state index contributed by atoms with van der Waals surface area (Å²) in [4.78, 5) is 37.0. The standard InChI is InChI=1S/C25H27N3O5/c1-6-28(7-2)23-19(16-11-13-17(31-3)14-12-16)20(18-10-8-9-15-26-18)21(24(29)32-4)22(27-23)25(30)33-5/h8-15H,6-7H2,1-5H3. The van der Waals surface area contributed by atoms with Crippen molar-refractivity contribution in [3.05, 3.63) is 59.9 Å². The van der Waals surface area contributed by atoms with Gasteiger partial charge in [-0.3, -0.25) is 4.98 Å². The number of carbonyl (C=O) groups is 2. The number of hydrogen-bond acceptors (Lipinski definition) is 8. The van der Waals surface area contributed by atoms with Gasteiger partial charge < -0.3 is 19.1 Å². The van der Waals surface area contributed by atoms with Crippen LogP contribution in [0.25, 0.3) is 22.4 Å². The maximum absolute atomic E-state index is 13.0. The van der Waals surface area contributed by atoms with Crippen molar-refractivity contribution in [2.75, 3.05) is 39.3 Å². The Hall–Kier alpha value is -3.94. The van der Waals surface area contributed by atoms with Gasteiger partial charge in [-0.05, 0) is 43.7 Å². The average Bonchev–Trinajstić information content (AvgIpc) is 2.88. The molecule has 2 heterocycles. The minimum atomic E-state index is -0.734. The predicted molar refractivity (Wildman–Crippen MR) is 126 cm³/mol. The Balaban J connectivity index is 2.55. The molecular formula is C25H27N3O5. The molecule has 0 saturated heterocycles. The number of carbonyl (C=O) groups excluding carboxylic acids is 2. The number of ether oxygens (including phenoxy) is 3. The zero-order valence-corrected chi connectivity index (χ0v) is 19.4. The number of rotatable bonds is 8. The topological polar surface area (TPSA) is 90.9 Å². The molecule has 0 bridgehead atoms. The molecule has 33 heavy (non-hydrogen) atoms. The Bertz CT molecular complexity index is 1130. The molecule has 3 rings (SSSR count). The van der Waals surface area contributed by atoms with Crippen LogP contribution in [-0.2, 0) is 9.47 Å². The van der Waals surface area contributed by atoms with Crippen LogP contribution < -0.4 is 9.64 Å². The number of aromatic nitrogens is 2. The first-order chi connectivity index (χ1) is 16.0. The molecule has 172 valence electrons. The van der Waals surface area contributed by atoms with E-state index < -0.39 is 11.9 Å². The maximum atomic E-state index is 13.0. The van der Waals surface area contributed by atoms with Crippen LogP contribution in [0.5, 0.6) is 5.75 Å². The molecule has 0 unspecified atom stereocenters. The van der Waals surface area contributed by atoms with E-state index in [-0.39, 0.29) is 11.3 Å². The summed E-state index contributed by atoms with van der Waals surface area (Å²) in [5.74, 6) is -0.208. The van der Waals surface area contributed by atoms with Crippen LogP contribution in [0.1, 0.15) is 34.7 Å². The average molecular weight is 450 g/mol. The summed E-state index contributed by atoms with van der Waals surface area (Å²) in [6.45, 7) is 5.25. The molecular weight excluding hydrogens is 422 g/mol. The highest BCUT2D eigenvalue weighted by Gasteiger charge is 2.32. The van der Waals surface area contributed by atoms with Gasteiger partial charge in [0.1, 0.15) is 17.1 Å². The molecule has 2 aromatic heterocycles. The van der Waals surface area contributed by atoms with Crippen molar-refractivity contribution in [1.29, 1.82) is 0 Å². The highest BCUT2D eigenvalue weighted by atomic mass is 16.5. The van der Waals surface area contributed by atoms with Crippen LogP contribution in [0.15, 0.2) is 48.7 Å². The lowest BCUT2D eigenvalue weighted by Crippen LogP contribution is -2.27. The van der Waals surface area contributed by atoms with Crippen LogP contribution >= 0.6 is 0 Å². The zero-order chi connectivity index (χ0) is 24.0. The number of methoxy groups -OCH3 is 3.